The maximum Gasteiger partial charge on any atom is 0.179 e. The molecule has 4 heteroatoms. The Kier molecular flexibility index (Phi) is 5.45. The van der Waals surface area contributed by atoms with E-state index in [1.165, 1.54) is 0 Å². The monoisotopic (exact) mass is 316 g/mol. The van der Waals surface area contributed by atoms with Gasteiger partial charge in [0.1, 0.15) is 5.75 Å². The Hall–Kier alpha value is -0.421. The van der Waals surface area contributed by atoms with Gasteiger partial charge in [0, 0.05) is 30.0 Å². The van der Waals surface area contributed by atoms with Gasteiger partial charge in [0.15, 0.2) is 11.4 Å². The summed E-state index contributed by atoms with van der Waals surface area (Å²) in [7, 11) is 9.63. The number of hydrogen-bond donors (Lipinski definition) is 0. The molecule has 0 aliphatic rings. The Morgan fingerprint density at radius 1 is 1.00 bits per heavy atom. The van der Waals surface area contributed by atoms with Crippen LogP contribution in [0.4, 0.5) is 5.69 Å². The maximum atomic E-state index is 5.30. The summed E-state index contributed by atoms with van der Waals surface area (Å²) in [5.74, 6) is 1.74. The van der Waals surface area contributed by atoms with E-state index in [4.69, 9.17) is 9.47 Å². The molecule has 0 aromatic heterocycles. The number of ether oxygens (including phenoxy) is 2. The molecule has 0 saturated carbocycles. The Morgan fingerprint density at radius 2 is 1.60 bits per heavy atom. The van der Waals surface area contributed by atoms with Crippen molar-refractivity contribution in [3.8, 4) is 11.5 Å². The Morgan fingerprint density at radius 3 is 2.00 bits per heavy atom. The van der Waals surface area contributed by atoms with E-state index in [1.54, 1.807) is 14.2 Å². The molecule has 0 atom stereocenters. The van der Waals surface area contributed by atoms with Crippen molar-refractivity contribution in [2.45, 2.75) is 0 Å². The molecule has 15 heavy (non-hydrogen) atoms. The normalized spacial score (nSPS) is 10.5. The van der Waals surface area contributed by atoms with Gasteiger partial charge in [-0.2, -0.15) is 0 Å². The predicted octanol–water partition coefficient (Wildman–Crippen LogP) is 1.52. The number of benzene rings is 1. The van der Waals surface area contributed by atoms with Crippen LogP contribution < -0.4 is 14.0 Å². The number of rotatable bonds is 3. The standard InChI is InChI=1S/C11H18NO2.Sn/c1-12(2,3)10-8-9(13-4)6-7-11(10)14-5;/h6-8H,1-5H3;/q+1;. The predicted molar refractivity (Wildman–Crippen MR) is 64.9 cm³/mol. The van der Waals surface area contributed by atoms with E-state index in [0.717, 1.165) is 17.2 Å². The second-order valence-electron chi connectivity index (χ2n) is 4.05. The summed E-state index contributed by atoms with van der Waals surface area (Å²) in [6.45, 7) is 0. The van der Waals surface area contributed by atoms with Gasteiger partial charge in [0.25, 0.3) is 0 Å². The minimum absolute atomic E-state index is 0. The zero-order valence-electron chi connectivity index (χ0n) is 10.00. The molecule has 0 aliphatic heterocycles. The van der Waals surface area contributed by atoms with E-state index in [2.05, 4.69) is 21.1 Å². The summed E-state index contributed by atoms with van der Waals surface area (Å²) in [4.78, 5) is 0. The molecule has 1 aromatic rings. The molecule has 0 fully saturated rings. The van der Waals surface area contributed by atoms with Crippen LogP contribution in [-0.4, -0.2) is 59.3 Å². The van der Waals surface area contributed by atoms with Gasteiger partial charge < -0.3 is 9.47 Å². The van der Waals surface area contributed by atoms with Crippen molar-refractivity contribution in [2.24, 2.45) is 0 Å². The minimum atomic E-state index is 0. The van der Waals surface area contributed by atoms with Gasteiger partial charge in [-0.15, -0.1) is 0 Å². The molecule has 0 unspecified atom stereocenters. The van der Waals surface area contributed by atoms with E-state index in [1.807, 2.05) is 18.2 Å². The summed E-state index contributed by atoms with van der Waals surface area (Å²) in [6, 6.07) is 5.83. The zero-order valence-corrected chi connectivity index (χ0v) is 12.8. The molecule has 1 aromatic carbocycles. The fourth-order valence-electron chi connectivity index (χ4n) is 1.32. The molecule has 0 spiro atoms. The molecule has 82 valence electrons. The Bertz CT molecular complexity index is 321. The van der Waals surface area contributed by atoms with E-state index in [0.29, 0.717) is 4.48 Å². The molecule has 0 heterocycles. The molecule has 0 aliphatic carbocycles. The smallest absolute Gasteiger partial charge is 0.179 e. The summed E-state index contributed by atoms with van der Waals surface area (Å²) in [5, 5.41) is 0. The molecule has 0 N–H and O–H groups in total. The van der Waals surface area contributed by atoms with Crippen LogP contribution in [0, 0.1) is 0 Å². The van der Waals surface area contributed by atoms with Crippen LogP contribution in [0.15, 0.2) is 18.2 Å². The summed E-state index contributed by atoms with van der Waals surface area (Å²) in [5.41, 5.74) is 1.10. The Labute approximate surface area is 109 Å². The third-order valence-corrected chi connectivity index (χ3v) is 2.11. The van der Waals surface area contributed by atoms with Crippen molar-refractivity contribution in [1.82, 2.24) is 4.48 Å². The molecule has 0 saturated heterocycles. The maximum absolute atomic E-state index is 5.30. The SMILES string of the molecule is COc1ccc(OC)c([N+](C)(C)C)c1.[Sn]. The molecular weight excluding hydrogens is 297 g/mol. The van der Waals surface area contributed by atoms with Gasteiger partial charge >= 0.3 is 0 Å². The largest absolute Gasteiger partial charge is 0.497 e. The van der Waals surface area contributed by atoms with Gasteiger partial charge in [-0.05, 0) is 12.1 Å². The van der Waals surface area contributed by atoms with Crippen molar-refractivity contribution in [1.29, 1.82) is 0 Å². The van der Waals surface area contributed by atoms with Gasteiger partial charge in [0.05, 0.1) is 35.4 Å². The summed E-state index contributed by atoms with van der Waals surface area (Å²) < 4.78 is 11.2. The van der Waals surface area contributed by atoms with Crippen LogP contribution in [0.1, 0.15) is 0 Å². The third-order valence-electron chi connectivity index (χ3n) is 2.11. The van der Waals surface area contributed by atoms with Crippen molar-refractivity contribution in [3.63, 3.8) is 0 Å². The number of quaternary nitrogens is 1. The van der Waals surface area contributed by atoms with Gasteiger partial charge in [-0.3, -0.25) is 4.48 Å². The second-order valence-corrected chi connectivity index (χ2v) is 4.05. The van der Waals surface area contributed by atoms with Crippen molar-refractivity contribution in [3.05, 3.63) is 18.2 Å². The molecule has 0 bridgehead atoms. The van der Waals surface area contributed by atoms with Crippen molar-refractivity contribution < 1.29 is 9.47 Å². The molecule has 1 rings (SSSR count). The van der Waals surface area contributed by atoms with E-state index < -0.39 is 0 Å². The van der Waals surface area contributed by atoms with Gasteiger partial charge in [0.2, 0.25) is 0 Å². The van der Waals surface area contributed by atoms with Crippen molar-refractivity contribution >= 4 is 29.6 Å². The van der Waals surface area contributed by atoms with E-state index >= 15 is 0 Å². The quantitative estimate of drug-likeness (QED) is 0.622. The Balaban J connectivity index is 0.00000196. The minimum Gasteiger partial charge on any atom is -0.497 e. The fourth-order valence-corrected chi connectivity index (χ4v) is 1.32. The topological polar surface area (TPSA) is 18.5 Å². The van der Waals surface area contributed by atoms with Gasteiger partial charge in [-0.25, -0.2) is 0 Å². The summed E-state index contributed by atoms with van der Waals surface area (Å²) in [6.07, 6.45) is 0. The molecular formula is C11H18NO2Sn+. The number of hydrogen-bond acceptors (Lipinski definition) is 2. The van der Waals surface area contributed by atoms with Crippen LogP contribution in [0.25, 0.3) is 0 Å². The van der Waals surface area contributed by atoms with Gasteiger partial charge in [-0.1, -0.05) is 0 Å². The van der Waals surface area contributed by atoms with E-state index in [-0.39, 0.29) is 23.9 Å². The molecule has 3 nitrogen and oxygen atoms in total. The van der Waals surface area contributed by atoms with Crippen LogP contribution in [0.2, 0.25) is 0 Å². The first-order valence-corrected chi connectivity index (χ1v) is 4.53. The first kappa shape index (κ1) is 14.6. The first-order valence-electron chi connectivity index (χ1n) is 4.53. The zero-order chi connectivity index (χ0) is 10.8. The number of nitrogens with zero attached hydrogens (tertiary/aromatic N) is 1. The van der Waals surface area contributed by atoms with Crippen LogP contribution in [0.3, 0.4) is 0 Å². The molecule has 4 radical (unpaired) electrons. The van der Waals surface area contributed by atoms with Crippen LogP contribution >= 0.6 is 0 Å². The summed E-state index contributed by atoms with van der Waals surface area (Å²) >= 11 is 0. The average molecular weight is 315 g/mol. The fraction of sp³-hybridized carbons (Fsp3) is 0.455. The van der Waals surface area contributed by atoms with Crippen molar-refractivity contribution in [2.75, 3.05) is 35.4 Å². The first-order chi connectivity index (χ1) is 6.49. The van der Waals surface area contributed by atoms with Crippen LogP contribution in [-0.2, 0) is 0 Å². The van der Waals surface area contributed by atoms with Crippen LogP contribution in [0.5, 0.6) is 11.5 Å². The number of methoxy groups -OCH3 is 2. The third kappa shape index (κ3) is 3.57. The second kappa shape index (κ2) is 5.60. The average Bonchev–Trinajstić information content (AvgIpc) is 2.15. The van der Waals surface area contributed by atoms with E-state index in [9.17, 15) is 0 Å². The molecule has 0 amide bonds.